The van der Waals surface area contributed by atoms with Gasteiger partial charge in [0, 0.05) is 12.1 Å². The maximum absolute atomic E-state index is 12.9. The lowest BCUT2D eigenvalue weighted by Crippen LogP contribution is -2.27. The van der Waals surface area contributed by atoms with Crippen LogP contribution in [0.3, 0.4) is 0 Å². The van der Waals surface area contributed by atoms with Crippen molar-refractivity contribution in [1.29, 1.82) is 5.26 Å². The summed E-state index contributed by atoms with van der Waals surface area (Å²) in [5.74, 6) is 0.0517. The fourth-order valence-corrected chi connectivity index (χ4v) is 5.73. The number of hydrogen-bond acceptors (Lipinski definition) is 7. The summed E-state index contributed by atoms with van der Waals surface area (Å²) in [7, 11) is 0. The van der Waals surface area contributed by atoms with E-state index in [1.165, 1.54) is 12.1 Å². The van der Waals surface area contributed by atoms with Crippen LogP contribution in [0, 0.1) is 21.4 Å². The van der Waals surface area contributed by atoms with Crippen LogP contribution in [-0.2, 0) is 17.9 Å². The van der Waals surface area contributed by atoms with Crippen molar-refractivity contribution in [1.82, 2.24) is 4.90 Å². The number of nitro groups is 1. The van der Waals surface area contributed by atoms with Gasteiger partial charge in [0.25, 0.3) is 16.8 Å². The van der Waals surface area contributed by atoms with Crippen molar-refractivity contribution in [2.45, 2.75) is 13.2 Å². The Hall–Kier alpha value is -3.46. The van der Waals surface area contributed by atoms with Gasteiger partial charge in [-0.2, -0.15) is 5.26 Å². The molecule has 1 fully saturated rings. The Morgan fingerprint density at radius 2 is 1.81 bits per heavy atom. The molecule has 0 bridgehead atoms. The lowest BCUT2D eigenvalue weighted by molar-refractivity contribution is -0.384. The predicted molar refractivity (Wildman–Crippen MR) is 142 cm³/mol. The molecule has 0 spiro atoms. The van der Waals surface area contributed by atoms with Gasteiger partial charge >= 0.3 is 0 Å². The zero-order chi connectivity index (χ0) is 25.8. The Labute approximate surface area is 227 Å². The molecule has 1 aliphatic rings. The number of halogens is 2. The Kier molecular flexibility index (Phi) is 7.88. The summed E-state index contributed by atoms with van der Waals surface area (Å²) >= 11 is 7.77. The van der Waals surface area contributed by atoms with Gasteiger partial charge in [0.05, 0.1) is 37.0 Å². The van der Waals surface area contributed by atoms with E-state index in [0.717, 1.165) is 16.7 Å². The molecule has 2 amide bonds. The lowest BCUT2D eigenvalue weighted by atomic mass is 10.1. The minimum absolute atomic E-state index is 0.0174. The van der Waals surface area contributed by atoms with E-state index < -0.39 is 16.1 Å². The van der Waals surface area contributed by atoms with E-state index in [-0.39, 0.29) is 23.7 Å². The summed E-state index contributed by atoms with van der Waals surface area (Å²) < 4.78 is 7.05. The molecule has 1 heterocycles. The van der Waals surface area contributed by atoms with E-state index in [1.54, 1.807) is 54.6 Å². The molecule has 0 aliphatic carbocycles. The number of carbonyl (C=O) groups is 2. The Morgan fingerprint density at radius 1 is 1.08 bits per heavy atom. The first-order valence-corrected chi connectivity index (χ1v) is 12.8. The van der Waals surface area contributed by atoms with Gasteiger partial charge in [-0.15, -0.1) is 0 Å². The SMILES string of the molecule is N#Cc1ccccc1CN1C(=O)S/C(=C/c2cc(Br)c(OCc3cccc([N+](=O)[O-])c3)c(Br)c2)C1=O. The van der Waals surface area contributed by atoms with Gasteiger partial charge in [-0.05, 0) is 84.6 Å². The number of benzene rings is 3. The average Bonchev–Trinajstić information content (AvgIpc) is 3.11. The highest BCUT2D eigenvalue weighted by atomic mass is 79.9. The van der Waals surface area contributed by atoms with E-state index in [4.69, 9.17) is 4.74 Å². The highest BCUT2D eigenvalue weighted by Gasteiger charge is 2.35. The second kappa shape index (κ2) is 11.1. The number of imide groups is 1. The number of nitriles is 1. The lowest BCUT2D eigenvalue weighted by Gasteiger charge is -2.13. The van der Waals surface area contributed by atoms with Crippen LogP contribution in [0.15, 0.2) is 74.5 Å². The Morgan fingerprint density at radius 3 is 2.50 bits per heavy atom. The van der Waals surface area contributed by atoms with Gasteiger partial charge in [-0.1, -0.05) is 30.3 Å². The number of nitro benzene ring substituents is 1. The van der Waals surface area contributed by atoms with Crippen molar-refractivity contribution in [3.8, 4) is 11.8 Å². The summed E-state index contributed by atoms with van der Waals surface area (Å²) in [5.41, 5.74) is 2.28. The Balaban J connectivity index is 1.51. The highest BCUT2D eigenvalue weighted by Crippen LogP contribution is 2.38. The molecule has 0 saturated carbocycles. The maximum Gasteiger partial charge on any atom is 0.293 e. The topological polar surface area (TPSA) is 114 Å². The van der Waals surface area contributed by atoms with Crippen LogP contribution in [0.25, 0.3) is 6.08 Å². The first kappa shape index (κ1) is 25.6. The van der Waals surface area contributed by atoms with Crippen LogP contribution < -0.4 is 4.74 Å². The largest absolute Gasteiger partial charge is 0.487 e. The standard InChI is InChI=1S/C25H15Br2N3O5S/c26-20-9-16(10-21(27)23(20)35-14-15-4-3-7-19(8-15)30(33)34)11-22-24(31)29(25(32)36-22)13-18-6-2-1-5-17(18)12-28/h1-11H,13-14H2/b22-11+. The second-order valence-corrected chi connectivity index (χ2v) is 10.3. The van der Waals surface area contributed by atoms with Crippen molar-refractivity contribution in [3.63, 3.8) is 0 Å². The van der Waals surface area contributed by atoms with E-state index in [9.17, 15) is 25.0 Å². The number of amides is 2. The molecule has 3 aromatic carbocycles. The predicted octanol–water partition coefficient (Wildman–Crippen LogP) is 6.81. The second-order valence-electron chi connectivity index (χ2n) is 7.57. The highest BCUT2D eigenvalue weighted by molar-refractivity contribution is 9.11. The van der Waals surface area contributed by atoms with Crippen LogP contribution in [0.4, 0.5) is 10.5 Å². The minimum atomic E-state index is -0.464. The molecule has 1 saturated heterocycles. The van der Waals surface area contributed by atoms with Gasteiger partial charge in [0.2, 0.25) is 0 Å². The van der Waals surface area contributed by atoms with Crippen LogP contribution in [0.1, 0.15) is 22.3 Å². The number of ether oxygens (including phenoxy) is 1. The number of hydrogen-bond donors (Lipinski definition) is 0. The molecule has 36 heavy (non-hydrogen) atoms. The summed E-state index contributed by atoms with van der Waals surface area (Å²) in [6, 6.07) is 18.6. The van der Waals surface area contributed by atoms with Crippen molar-refractivity contribution in [2.24, 2.45) is 0 Å². The molecule has 4 rings (SSSR count). The number of carbonyl (C=O) groups excluding carboxylic acids is 2. The van der Waals surface area contributed by atoms with Gasteiger partial charge in [0.1, 0.15) is 12.4 Å². The summed E-state index contributed by atoms with van der Waals surface area (Å²) in [4.78, 5) is 37.4. The average molecular weight is 629 g/mol. The number of nitrogens with zero attached hydrogens (tertiary/aromatic N) is 3. The van der Waals surface area contributed by atoms with Gasteiger partial charge in [-0.3, -0.25) is 24.6 Å². The van der Waals surface area contributed by atoms with Gasteiger partial charge < -0.3 is 4.74 Å². The molecule has 0 N–H and O–H groups in total. The smallest absolute Gasteiger partial charge is 0.293 e. The summed E-state index contributed by atoms with van der Waals surface area (Å²) in [5, 5.41) is 19.9. The molecule has 3 aromatic rings. The van der Waals surface area contributed by atoms with Crippen molar-refractivity contribution >= 4 is 66.5 Å². The first-order chi connectivity index (χ1) is 17.3. The van der Waals surface area contributed by atoms with Crippen LogP contribution in [-0.4, -0.2) is 21.0 Å². The van der Waals surface area contributed by atoms with E-state index in [0.29, 0.717) is 36.9 Å². The quantitative estimate of drug-likeness (QED) is 0.160. The van der Waals surface area contributed by atoms with Crippen LogP contribution in [0.5, 0.6) is 5.75 Å². The molecule has 180 valence electrons. The monoisotopic (exact) mass is 627 g/mol. The normalized spacial score (nSPS) is 14.2. The van der Waals surface area contributed by atoms with Crippen LogP contribution in [0.2, 0.25) is 0 Å². The third-order valence-electron chi connectivity index (χ3n) is 5.16. The van der Waals surface area contributed by atoms with Gasteiger partial charge in [0.15, 0.2) is 0 Å². The number of non-ortho nitro benzene ring substituents is 1. The molecule has 0 atom stereocenters. The molecule has 1 aliphatic heterocycles. The summed E-state index contributed by atoms with van der Waals surface area (Å²) in [6.45, 7) is 0.130. The molecular weight excluding hydrogens is 614 g/mol. The first-order valence-electron chi connectivity index (χ1n) is 10.4. The third-order valence-corrected chi connectivity index (χ3v) is 7.25. The molecule has 0 aromatic heterocycles. The number of rotatable bonds is 7. The fourth-order valence-electron chi connectivity index (χ4n) is 3.44. The van der Waals surface area contributed by atoms with Gasteiger partial charge in [-0.25, -0.2) is 0 Å². The van der Waals surface area contributed by atoms with E-state index >= 15 is 0 Å². The zero-order valence-electron chi connectivity index (χ0n) is 18.3. The minimum Gasteiger partial charge on any atom is -0.487 e. The van der Waals surface area contributed by atoms with Crippen LogP contribution >= 0.6 is 43.6 Å². The molecule has 0 radical (unpaired) electrons. The Bertz CT molecular complexity index is 1450. The zero-order valence-corrected chi connectivity index (χ0v) is 22.3. The third kappa shape index (κ3) is 5.67. The molecule has 0 unspecified atom stereocenters. The van der Waals surface area contributed by atoms with Crippen molar-refractivity contribution in [3.05, 3.63) is 107 Å². The fraction of sp³-hybridized carbons (Fsp3) is 0.0800. The maximum atomic E-state index is 12.9. The van der Waals surface area contributed by atoms with Crippen molar-refractivity contribution < 1.29 is 19.2 Å². The molecular formula is C25H15Br2N3O5S. The van der Waals surface area contributed by atoms with Crippen molar-refractivity contribution in [2.75, 3.05) is 0 Å². The van der Waals surface area contributed by atoms with E-state index in [1.807, 2.05) is 0 Å². The molecule has 8 nitrogen and oxygen atoms in total. The number of thioether (sulfide) groups is 1. The summed E-state index contributed by atoms with van der Waals surface area (Å²) in [6.07, 6.45) is 1.61. The molecule has 11 heteroatoms. The van der Waals surface area contributed by atoms with E-state index in [2.05, 4.69) is 37.9 Å².